The van der Waals surface area contributed by atoms with Crippen LogP contribution < -0.4 is 0 Å². The van der Waals surface area contributed by atoms with E-state index >= 15 is 0 Å². The average Bonchev–Trinajstić information content (AvgIpc) is 2.59. The van der Waals surface area contributed by atoms with Gasteiger partial charge in [-0.05, 0) is 39.0 Å². The molecule has 1 aliphatic rings. The van der Waals surface area contributed by atoms with Gasteiger partial charge in [-0.15, -0.1) is 0 Å². The lowest BCUT2D eigenvalue weighted by molar-refractivity contribution is -0.138. The van der Waals surface area contributed by atoms with E-state index in [9.17, 15) is 4.79 Å². The van der Waals surface area contributed by atoms with E-state index in [0.29, 0.717) is 0 Å². The zero-order chi connectivity index (χ0) is 11.7. The molecule has 5 nitrogen and oxygen atoms in total. The lowest BCUT2D eigenvalue weighted by atomic mass is 9.87. The Kier molecular flexibility index (Phi) is 2.94. The van der Waals surface area contributed by atoms with Gasteiger partial charge in [-0.25, -0.2) is 0 Å². The van der Waals surface area contributed by atoms with Crippen LogP contribution in [0.1, 0.15) is 44.1 Å². The first-order valence-corrected chi connectivity index (χ1v) is 5.72. The maximum absolute atomic E-state index is 10.7. The van der Waals surface area contributed by atoms with E-state index in [1.165, 1.54) is 0 Å². The van der Waals surface area contributed by atoms with Gasteiger partial charge in [0.15, 0.2) is 0 Å². The van der Waals surface area contributed by atoms with Crippen molar-refractivity contribution in [2.45, 2.75) is 45.6 Å². The van der Waals surface area contributed by atoms with Crippen LogP contribution in [0, 0.1) is 5.92 Å². The van der Waals surface area contributed by atoms with Crippen molar-refractivity contribution in [1.29, 1.82) is 0 Å². The first-order chi connectivity index (χ1) is 7.56. The Morgan fingerprint density at radius 1 is 1.50 bits per heavy atom. The lowest BCUT2D eigenvalue weighted by Crippen LogP contribution is -2.17. The van der Waals surface area contributed by atoms with Crippen molar-refractivity contribution in [1.82, 2.24) is 15.0 Å². The van der Waals surface area contributed by atoms with Crippen LogP contribution in [0.4, 0.5) is 0 Å². The molecule has 88 valence electrons. The number of fused-ring (bicyclic) bond motifs is 1. The third-order valence-corrected chi connectivity index (χ3v) is 2.98. The molecule has 0 fully saturated rings. The highest BCUT2D eigenvalue weighted by Gasteiger charge is 2.25. The van der Waals surface area contributed by atoms with Crippen molar-refractivity contribution < 1.29 is 9.90 Å². The van der Waals surface area contributed by atoms with E-state index in [0.717, 1.165) is 30.7 Å². The van der Waals surface area contributed by atoms with Crippen LogP contribution in [0.2, 0.25) is 0 Å². The van der Waals surface area contributed by atoms with Gasteiger partial charge in [0.2, 0.25) is 0 Å². The summed E-state index contributed by atoms with van der Waals surface area (Å²) < 4.78 is 0. The van der Waals surface area contributed by atoms with Gasteiger partial charge < -0.3 is 5.11 Å². The Morgan fingerprint density at radius 2 is 2.19 bits per heavy atom. The second-order valence-corrected chi connectivity index (χ2v) is 4.71. The summed E-state index contributed by atoms with van der Waals surface area (Å²) in [5, 5.41) is 17.6. The standard InChI is InChI=1S/C11H17N3O2/c1-7(2)14-12-9-4-3-8(6-11(15)16)5-10(9)13-14/h7-8H,3-6H2,1-2H3,(H,15,16). The Balaban J connectivity index is 2.11. The topological polar surface area (TPSA) is 68.0 Å². The van der Waals surface area contributed by atoms with Crippen LogP contribution in [0.5, 0.6) is 0 Å². The fraction of sp³-hybridized carbons (Fsp3) is 0.727. The molecule has 0 bridgehead atoms. The Bertz CT molecular complexity index is 398. The molecule has 1 N–H and O–H groups in total. The summed E-state index contributed by atoms with van der Waals surface area (Å²) in [7, 11) is 0. The molecule has 0 spiro atoms. The van der Waals surface area contributed by atoms with Crippen molar-refractivity contribution in [3.63, 3.8) is 0 Å². The number of rotatable bonds is 3. The summed E-state index contributed by atoms with van der Waals surface area (Å²) in [6, 6.07) is 0.267. The van der Waals surface area contributed by atoms with Gasteiger partial charge in [0.05, 0.1) is 17.4 Å². The van der Waals surface area contributed by atoms with Crippen molar-refractivity contribution in [3.05, 3.63) is 11.4 Å². The molecule has 1 aromatic rings. The highest BCUT2D eigenvalue weighted by atomic mass is 16.4. The van der Waals surface area contributed by atoms with Crippen LogP contribution in [-0.2, 0) is 17.6 Å². The van der Waals surface area contributed by atoms with Gasteiger partial charge in [-0.2, -0.15) is 15.0 Å². The van der Waals surface area contributed by atoms with Gasteiger partial charge >= 0.3 is 5.97 Å². The molecule has 1 heterocycles. The first-order valence-electron chi connectivity index (χ1n) is 5.72. The average molecular weight is 223 g/mol. The molecule has 2 rings (SSSR count). The number of aryl methyl sites for hydroxylation is 1. The molecular weight excluding hydrogens is 206 g/mol. The van der Waals surface area contributed by atoms with Crippen LogP contribution in [-0.4, -0.2) is 26.1 Å². The molecule has 0 aliphatic heterocycles. The van der Waals surface area contributed by atoms with Crippen molar-refractivity contribution in [2.24, 2.45) is 5.92 Å². The normalized spacial score (nSPS) is 19.8. The Hall–Kier alpha value is -1.39. The predicted octanol–water partition coefficient (Wildman–Crippen LogP) is 1.44. The lowest BCUT2D eigenvalue weighted by Gasteiger charge is -2.17. The predicted molar refractivity (Wildman–Crippen MR) is 58.2 cm³/mol. The van der Waals surface area contributed by atoms with Crippen molar-refractivity contribution in [3.8, 4) is 0 Å². The molecule has 0 saturated heterocycles. The maximum Gasteiger partial charge on any atom is 0.303 e. The van der Waals surface area contributed by atoms with Crippen LogP contribution in [0.3, 0.4) is 0 Å². The Morgan fingerprint density at radius 3 is 2.81 bits per heavy atom. The number of nitrogens with zero attached hydrogens (tertiary/aromatic N) is 3. The summed E-state index contributed by atoms with van der Waals surface area (Å²) in [6.45, 7) is 4.08. The van der Waals surface area contributed by atoms with Gasteiger partial charge in [0, 0.05) is 6.42 Å². The molecule has 0 amide bonds. The van der Waals surface area contributed by atoms with Crippen LogP contribution in [0.15, 0.2) is 0 Å². The Labute approximate surface area is 94.5 Å². The third kappa shape index (κ3) is 2.23. The number of carbonyl (C=O) groups is 1. The minimum atomic E-state index is -0.718. The van der Waals surface area contributed by atoms with Gasteiger partial charge in [0.25, 0.3) is 0 Å². The van der Waals surface area contributed by atoms with Crippen LogP contribution >= 0.6 is 0 Å². The maximum atomic E-state index is 10.7. The van der Waals surface area contributed by atoms with E-state index in [1.807, 2.05) is 13.8 Å². The highest BCUT2D eigenvalue weighted by Crippen LogP contribution is 2.25. The molecule has 0 radical (unpaired) electrons. The molecule has 0 saturated carbocycles. The van der Waals surface area contributed by atoms with Gasteiger partial charge in [-0.1, -0.05) is 0 Å². The second kappa shape index (κ2) is 4.23. The minimum absolute atomic E-state index is 0.224. The van der Waals surface area contributed by atoms with Crippen molar-refractivity contribution in [2.75, 3.05) is 0 Å². The van der Waals surface area contributed by atoms with E-state index in [4.69, 9.17) is 5.11 Å². The monoisotopic (exact) mass is 223 g/mol. The molecule has 1 aliphatic carbocycles. The number of aromatic nitrogens is 3. The number of aliphatic carboxylic acids is 1. The van der Waals surface area contributed by atoms with Crippen LogP contribution in [0.25, 0.3) is 0 Å². The van der Waals surface area contributed by atoms with E-state index in [-0.39, 0.29) is 18.4 Å². The largest absolute Gasteiger partial charge is 0.481 e. The number of hydrogen-bond donors (Lipinski definition) is 1. The quantitative estimate of drug-likeness (QED) is 0.841. The molecule has 5 heteroatoms. The number of carboxylic acid groups (broad SMARTS) is 1. The fourth-order valence-electron chi connectivity index (χ4n) is 2.11. The summed E-state index contributed by atoms with van der Waals surface area (Å²) in [5.41, 5.74) is 2.04. The first kappa shape index (κ1) is 11.1. The molecular formula is C11H17N3O2. The van der Waals surface area contributed by atoms with Gasteiger partial charge in [-0.3, -0.25) is 4.79 Å². The highest BCUT2D eigenvalue weighted by molar-refractivity contribution is 5.67. The zero-order valence-corrected chi connectivity index (χ0v) is 9.68. The SMILES string of the molecule is CC(C)n1nc2c(n1)CC(CC(=O)O)CC2. The fourth-order valence-corrected chi connectivity index (χ4v) is 2.11. The zero-order valence-electron chi connectivity index (χ0n) is 9.68. The smallest absolute Gasteiger partial charge is 0.303 e. The summed E-state index contributed by atoms with van der Waals surface area (Å²) >= 11 is 0. The molecule has 0 aromatic carbocycles. The van der Waals surface area contributed by atoms with Gasteiger partial charge in [0.1, 0.15) is 0 Å². The molecule has 1 aromatic heterocycles. The summed E-state index contributed by atoms with van der Waals surface area (Å²) in [4.78, 5) is 12.4. The van der Waals surface area contributed by atoms with E-state index < -0.39 is 5.97 Å². The molecule has 1 atom stereocenters. The summed E-state index contributed by atoms with van der Waals surface area (Å²) in [6.07, 6.45) is 2.78. The van der Waals surface area contributed by atoms with E-state index in [1.54, 1.807) is 4.80 Å². The van der Waals surface area contributed by atoms with E-state index in [2.05, 4.69) is 10.2 Å². The minimum Gasteiger partial charge on any atom is -0.481 e. The third-order valence-electron chi connectivity index (χ3n) is 2.98. The molecule has 16 heavy (non-hydrogen) atoms. The van der Waals surface area contributed by atoms with Crippen molar-refractivity contribution >= 4 is 5.97 Å². The summed E-state index contributed by atoms with van der Waals surface area (Å²) in [5.74, 6) is -0.494. The second-order valence-electron chi connectivity index (χ2n) is 4.71. The number of hydrogen-bond acceptors (Lipinski definition) is 3. The molecule has 1 unspecified atom stereocenters. The number of carboxylic acids is 1.